The molecule has 0 saturated carbocycles. The van der Waals surface area contributed by atoms with E-state index in [4.69, 9.17) is 5.11 Å². The number of carbonyl (C=O) groups excluding carboxylic acids is 1. The van der Waals surface area contributed by atoms with Crippen LogP contribution in [0.1, 0.15) is 19.3 Å². The molecule has 0 amide bonds. The Morgan fingerprint density at radius 2 is 2.05 bits per heavy atom. The fourth-order valence-corrected chi connectivity index (χ4v) is 6.16. The van der Waals surface area contributed by atoms with Gasteiger partial charge in [-0.25, -0.2) is 21.6 Å². The van der Waals surface area contributed by atoms with E-state index in [-0.39, 0.29) is 25.0 Å². The molecule has 122 valence electrons. The van der Waals surface area contributed by atoms with Gasteiger partial charge in [-0.05, 0) is 12.8 Å². The molecule has 0 aromatic heterocycles. The lowest BCUT2D eigenvalue weighted by Crippen LogP contribution is -2.45. The highest BCUT2D eigenvalue weighted by molar-refractivity contribution is 7.95. The quantitative estimate of drug-likeness (QED) is 0.531. The molecule has 1 aliphatic heterocycles. The number of sulfonamides is 1. The lowest BCUT2D eigenvalue weighted by atomic mass is 10.2. The molecule has 2 N–H and O–H groups in total. The van der Waals surface area contributed by atoms with Crippen molar-refractivity contribution in [2.24, 2.45) is 0 Å². The molecule has 0 aromatic rings. The molecule has 0 aliphatic carbocycles. The number of carboxylic acid groups (broad SMARTS) is 1. The van der Waals surface area contributed by atoms with Gasteiger partial charge < -0.3 is 9.84 Å². The summed E-state index contributed by atoms with van der Waals surface area (Å²) in [6, 6.07) is -1.50. The first-order valence-electron chi connectivity index (χ1n) is 6.08. The van der Waals surface area contributed by atoms with Crippen molar-refractivity contribution in [3.63, 3.8) is 0 Å². The second-order valence-electron chi connectivity index (χ2n) is 4.69. The Hall–Kier alpha value is -1.20. The molecule has 0 aromatic carbocycles. The number of hydrogen-bond donors (Lipinski definition) is 2. The van der Waals surface area contributed by atoms with Crippen LogP contribution >= 0.6 is 0 Å². The summed E-state index contributed by atoms with van der Waals surface area (Å²) in [4.78, 5) is 22.0. The molecular formula is C10H17NO8S2. The minimum absolute atomic E-state index is 0.0684. The van der Waals surface area contributed by atoms with Crippen molar-refractivity contribution >= 4 is 31.8 Å². The van der Waals surface area contributed by atoms with Crippen molar-refractivity contribution < 1.29 is 36.3 Å². The van der Waals surface area contributed by atoms with Crippen LogP contribution in [0.15, 0.2) is 0 Å². The minimum atomic E-state index is -4.09. The van der Waals surface area contributed by atoms with E-state index in [0.29, 0.717) is 0 Å². The van der Waals surface area contributed by atoms with Crippen molar-refractivity contribution in [1.29, 1.82) is 0 Å². The zero-order chi connectivity index (χ0) is 16.3. The number of esters is 1. The molecular weight excluding hydrogens is 326 g/mol. The summed E-state index contributed by atoms with van der Waals surface area (Å²) in [5.41, 5.74) is 0. The number of methoxy groups -OCH3 is 1. The van der Waals surface area contributed by atoms with Crippen LogP contribution in [-0.4, -0.2) is 63.8 Å². The van der Waals surface area contributed by atoms with Crippen molar-refractivity contribution in [2.45, 2.75) is 30.6 Å². The summed E-state index contributed by atoms with van der Waals surface area (Å²) in [5, 5.41) is 7.81. The summed E-state index contributed by atoms with van der Waals surface area (Å²) in [7, 11) is -6.37. The Bertz CT molecular complexity index is 609. The van der Waals surface area contributed by atoms with Crippen LogP contribution in [0, 0.1) is 0 Å². The monoisotopic (exact) mass is 343 g/mol. The van der Waals surface area contributed by atoms with Gasteiger partial charge >= 0.3 is 11.9 Å². The average Bonchev–Trinajstić information content (AvgIpc) is 2.74. The first kappa shape index (κ1) is 17.9. The van der Waals surface area contributed by atoms with Crippen molar-refractivity contribution in [1.82, 2.24) is 4.72 Å². The van der Waals surface area contributed by atoms with Gasteiger partial charge in [-0.3, -0.25) is 9.59 Å². The largest absolute Gasteiger partial charge is 0.480 e. The average molecular weight is 343 g/mol. The highest BCUT2D eigenvalue weighted by Gasteiger charge is 2.39. The molecule has 0 radical (unpaired) electrons. The molecule has 0 spiro atoms. The Balaban J connectivity index is 2.74. The second-order valence-corrected chi connectivity index (χ2v) is 8.91. The number of carbonyl (C=O) groups is 2. The summed E-state index contributed by atoms with van der Waals surface area (Å²) in [6.07, 6.45) is -0.610. The predicted molar refractivity (Wildman–Crippen MR) is 71.8 cm³/mol. The van der Waals surface area contributed by atoms with Crippen LogP contribution in [-0.2, 0) is 34.2 Å². The van der Waals surface area contributed by atoms with Gasteiger partial charge in [-0.1, -0.05) is 0 Å². The number of aliphatic carboxylic acids is 1. The number of sulfone groups is 1. The molecule has 0 bridgehead atoms. The molecule has 21 heavy (non-hydrogen) atoms. The van der Waals surface area contributed by atoms with Gasteiger partial charge in [0, 0.05) is 6.42 Å². The SMILES string of the molecule is COC(=O)CC[C@H](NS(=O)(=O)C1CCS(=O)(=O)C1)C(=O)O. The minimum Gasteiger partial charge on any atom is -0.480 e. The number of nitrogens with one attached hydrogen (secondary N) is 1. The summed E-state index contributed by atoms with van der Waals surface area (Å²) < 4.78 is 52.9. The number of rotatable bonds is 7. The molecule has 1 heterocycles. The van der Waals surface area contributed by atoms with Crippen LogP contribution < -0.4 is 4.72 Å². The third-order valence-electron chi connectivity index (χ3n) is 3.10. The van der Waals surface area contributed by atoms with E-state index >= 15 is 0 Å². The summed E-state index contributed by atoms with van der Waals surface area (Å²) in [5.74, 6) is -2.86. The zero-order valence-corrected chi connectivity index (χ0v) is 12.9. The molecule has 1 fully saturated rings. The maximum Gasteiger partial charge on any atom is 0.321 e. The van der Waals surface area contributed by atoms with Crippen LogP contribution in [0.3, 0.4) is 0 Å². The maximum absolute atomic E-state index is 12.0. The summed E-state index contributed by atoms with van der Waals surface area (Å²) >= 11 is 0. The molecule has 1 aliphatic rings. The number of carboxylic acids is 1. The smallest absolute Gasteiger partial charge is 0.321 e. The molecule has 11 heteroatoms. The first-order valence-corrected chi connectivity index (χ1v) is 9.45. The fourth-order valence-electron chi connectivity index (χ4n) is 1.90. The van der Waals surface area contributed by atoms with Crippen LogP contribution in [0.2, 0.25) is 0 Å². The van der Waals surface area contributed by atoms with E-state index in [0.717, 1.165) is 7.11 Å². The Morgan fingerprint density at radius 1 is 1.43 bits per heavy atom. The third-order valence-corrected chi connectivity index (χ3v) is 6.97. The summed E-state index contributed by atoms with van der Waals surface area (Å²) in [6.45, 7) is 0. The van der Waals surface area contributed by atoms with Gasteiger partial charge in [0.1, 0.15) is 6.04 Å². The molecule has 1 unspecified atom stereocenters. The first-order chi connectivity index (χ1) is 9.57. The zero-order valence-electron chi connectivity index (χ0n) is 11.3. The van der Waals surface area contributed by atoms with Crippen LogP contribution in [0.25, 0.3) is 0 Å². The van der Waals surface area contributed by atoms with Gasteiger partial charge in [0.05, 0.1) is 23.9 Å². The molecule has 1 saturated heterocycles. The Labute approximate surface area is 122 Å². The Morgan fingerprint density at radius 3 is 2.48 bits per heavy atom. The predicted octanol–water partition coefficient (Wildman–Crippen LogP) is -1.50. The van der Waals surface area contributed by atoms with E-state index < -0.39 is 48.8 Å². The van der Waals surface area contributed by atoms with Gasteiger partial charge in [0.2, 0.25) is 10.0 Å². The van der Waals surface area contributed by atoms with Crippen molar-refractivity contribution in [3.05, 3.63) is 0 Å². The van der Waals surface area contributed by atoms with Crippen molar-refractivity contribution in [2.75, 3.05) is 18.6 Å². The highest BCUT2D eigenvalue weighted by Crippen LogP contribution is 2.19. The van der Waals surface area contributed by atoms with E-state index in [2.05, 4.69) is 4.74 Å². The van der Waals surface area contributed by atoms with Gasteiger partial charge in [-0.15, -0.1) is 0 Å². The second kappa shape index (κ2) is 6.71. The van der Waals surface area contributed by atoms with E-state index in [9.17, 15) is 26.4 Å². The molecule has 1 rings (SSSR count). The van der Waals surface area contributed by atoms with E-state index in [1.807, 2.05) is 4.72 Å². The highest BCUT2D eigenvalue weighted by atomic mass is 32.2. The standard InChI is InChI=1S/C10H17NO8S2/c1-19-9(12)3-2-8(10(13)14)11-21(17,18)7-4-5-20(15,16)6-7/h7-8,11H,2-6H2,1H3,(H,13,14)/t7?,8-/m0/s1. The van der Waals surface area contributed by atoms with Gasteiger partial charge in [0.25, 0.3) is 0 Å². The Kier molecular flexibility index (Phi) is 5.70. The number of ether oxygens (including phenoxy) is 1. The third kappa shape index (κ3) is 5.25. The molecule has 9 nitrogen and oxygen atoms in total. The lowest BCUT2D eigenvalue weighted by molar-refractivity contribution is -0.142. The lowest BCUT2D eigenvalue weighted by Gasteiger charge is -2.17. The van der Waals surface area contributed by atoms with E-state index in [1.165, 1.54) is 0 Å². The normalized spacial score (nSPS) is 22.6. The van der Waals surface area contributed by atoms with Gasteiger partial charge in [-0.2, -0.15) is 0 Å². The van der Waals surface area contributed by atoms with Gasteiger partial charge in [0.15, 0.2) is 9.84 Å². The van der Waals surface area contributed by atoms with Crippen LogP contribution in [0.4, 0.5) is 0 Å². The van der Waals surface area contributed by atoms with Crippen LogP contribution in [0.5, 0.6) is 0 Å². The maximum atomic E-state index is 12.0. The topological polar surface area (TPSA) is 144 Å². The van der Waals surface area contributed by atoms with E-state index in [1.54, 1.807) is 0 Å². The van der Waals surface area contributed by atoms with Crippen molar-refractivity contribution in [3.8, 4) is 0 Å². The molecule has 2 atom stereocenters. The number of hydrogen-bond acceptors (Lipinski definition) is 7. The fraction of sp³-hybridized carbons (Fsp3) is 0.800.